The Bertz CT molecular complexity index is 946. The van der Waals surface area contributed by atoms with Gasteiger partial charge in [-0.25, -0.2) is 0 Å². The predicted octanol–water partition coefficient (Wildman–Crippen LogP) is 4.53. The number of pyridine rings is 1. The van der Waals surface area contributed by atoms with Crippen LogP contribution >= 0.6 is 11.6 Å². The second-order valence-electron chi connectivity index (χ2n) is 6.95. The van der Waals surface area contributed by atoms with Gasteiger partial charge in [0.25, 0.3) is 0 Å². The van der Waals surface area contributed by atoms with E-state index < -0.39 is 0 Å². The average molecular weight is 380 g/mol. The molecule has 5 heteroatoms. The monoisotopic (exact) mass is 379 g/mol. The normalized spacial score (nSPS) is 15.1. The molecule has 2 heterocycles. The highest BCUT2D eigenvalue weighted by atomic mass is 35.5. The maximum absolute atomic E-state index is 12.8. The first-order valence-electron chi connectivity index (χ1n) is 9.32. The summed E-state index contributed by atoms with van der Waals surface area (Å²) in [5, 5.41) is 5.31. The van der Waals surface area contributed by atoms with Crippen molar-refractivity contribution in [3.8, 4) is 0 Å². The van der Waals surface area contributed by atoms with E-state index in [0.717, 1.165) is 53.1 Å². The Kier molecular flexibility index (Phi) is 5.26. The van der Waals surface area contributed by atoms with Crippen LogP contribution in [0.1, 0.15) is 18.4 Å². The van der Waals surface area contributed by atoms with Crippen LogP contribution < -0.4 is 5.32 Å². The molecule has 138 valence electrons. The van der Waals surface area contributed by atoms with Crippen molar-refractivity contribution in [1.82, 2.24) is 9.88 Å². The summed E-state index contributed by atoms with van der Waals surface area (Å²) < 4.78 is 0. The minimum absolute atomic E-state index is 0.171. The van der Waals surface area contributed by atoms with Gasteiger partial charge in [-0.3, -0.25) is 9.78 Å². The zero-order valence-electron chi connectivity index (χ0n) is 15.1. The Hall–Kier alpha value is -2.59. The van der Waals surface area contributed by atoms with Crippen molar-refractivity contribution in [2.24, 2.45) is 0 Å². The number of halogens is 1. The first-order chi connectivity index (χ1) is 13.2. The number of aromatic nitrogens is 1. The van der Waals surface area contributed by atoms with Crippen LogP contribution in [0.3, 0.4) is 0 Å². The molecule has 0 radical (unpaired) electrons. The highest BCUT2D eigenvalue weighted by Crippen LogP contribution is 2.24. The van der Waals surface area contributed by atoms with E-state index in [-0.39, 0.29) is 5.91 Å². The molecular weight excluding hydrogens is 358 g/mol. The lowest BCUT2D eigenvalue weighted by Gasteiger charge is -2.33. The number of anilines is 1. The second-order valence-corrected chi connectivity index (χ2v) is 7.36. The molecule has 1 fully saturated rings. The first-order valence-corrected chi connectivity index (χ1v) is 9.70. The molecule has 1 aliphatic heterocycles. The molecule has 0 aliphatic carbocycles. The predicted molar refractivity (Wildman–Crippen MR) is 110 cm³/mol. The third kappa shape index (κ3) is 4.06. The van der Waals surface area contributed by atoms with Gasteiger partial charge in [-0.2, -0.15) is 0 Å². The molecule has 1 saturated heterocycles. The summed E-state index contributed by atoms with van der Waals surface area (Å²) in [7, 11) is 0. The number of carbonyl (C=O) groups is 1. The molecule has 4 rings (SSSR count). The molecule has 0 unspecified atom stereocenters. The summed E-state index contributed by atoms with van der Waals surface area (Å²) in [5.41, 5.74) is 2.88. The lowest BCUT2D eigenvalue weighted by atomic mass is 10.0. The highest BCUT2D eigenvalue weighted by Gasteiger charge is 2.23. The number of benzene rings is 2. The van der Waals surface area contributed by atoms with E-state index in [2.05, 4.69) is 10.3 Å². The number of hydrogen-bond acceptors (Lipinski definition) is 3. The summed E-state index contributed by atoms with van der Waals surface area (Å²) >= 11 is 6.23. The van der Waals surface area contributed by atoms with Crippen LogP contribution in [0.4, 0.5) is 5.69 Å². The van der Waals surface area contributed by atoms with Crippen LogP contribution in [0.15, 0.2) is 60.8 Å². The molecular formula is C22H22ClN3O. The topological polar surface area (TPSA) is 45.2 Å². The smallest absolute Gasteiger partial charge is 0.227 e. The molecule has 1 aliphatic rings. The molecule has 1 aromatic heterocycles. The van der Waals surface area contributed by atoms with Crippen LogP contribution in [-0.4, -0.2) is 34.9 Å². The third-order valence-electron chi connectivity index (χ3n) is 5.14. The summed E-state index contributed by atoms with van der Waals surface area (Å²) in [4.78, 5) is 19.2. The zero-order valence-corrected chi connectivity index (χ0v) is 15.8. The molecule has 1 N–H and O–H groups in total. The SMILES string of the molecule is O=C(Cc1cccc2cccnc12)N1CCC(Nc2ccccc2Cl)CC1. The molecule has 0 saturated carbocycles. The molecule has 27 heavy (non-hydrogen) atoms. The van der Waals surface area contributed by atoms with E-state index in [4.69, 9.17) is 11.6 Å². The zero-order chi connectivity index (χ0) is 18.6. The van der Waals surface area contributed by atoms with E-state index in [1.807, 2.05) is 59.5 Å². The Morgan fingerprint density at radius 2 is 1.85 bits per heavy atom. The number of para-hydroxylation sites is 2. The standard InChI is InChI=1S/C22H22ClN3O/c23-19-8-1-2-9-20(19)25-18-10-13-26(14-11-18)21(27)15-17-6-3-5-16-7-4-12-24-22(16)17/h1-9,12,18,25H,10-11,13-15H2. The van der Waals surface area contributed by atoms with Gasteiger partial charge in [0, 0.05) is 30.7 Å². The van der Waals surface area contributed by atoms with Crippen LogP contribution in [0.2, 0.25) is 5.02 Å². The summed E-state index contributed by atoms with van der Waals surface area (Å²) in [6.45, 7) is 1.53. The van der Waals surface area contributed by atoms with Gasteiger partial charge in [0.2, 0.25) is 5.91 Å². The number of hydrogen-bond donors (Lipinski definition) is 1. The van der Waals surface area contributed by atoms with Gasteiger partial charge >= 0.3 is 0 Å². The van der Waals surface area contributed by atoms with Crippen molar-refractivity contribution in [3.05, 3.63) is 71.4 Å². The van der Waals surface area contributed by atoms with E-state index >= 15 is 0 Å². The number of fused-ring (bicyclic) bond motifs is 1. The molecule has 0 spiro atoms. The van der Waals surface area contributed by atoms with Crippen LogP contribution in [0.5, 0.6) is 0 Å². The van der Waals surface area contributed by atoms with Gasteiger partial charge in [0.1, 0.15) is 0 Å². The minimum Gasteiger partial charge on any atom is -0.381 e. The van der Waals surface area contributed by atoms with Gasteiger partial charge < -0.3 is 10.2 Å². The Morgan fingerprint density at radius 3 is 2.67 bits per heavy atom. The number of nitrogens with one attached hydrogen (secondary N) is 1. The Balaban J connectivity index is 1.37. The van der Waals surface area contributed by atoms with E-state index in [9.17, 15) is 4.79 Å². The van der Waals surface area contributed by atoms with E-state index in [1.54, 1.807) is 6.20 Å². The summed E-state index contributed by atoms with van der Waals surface area (Å²) in [6.07, 6.45) is 4.02. The van der Waals surface area contributed by atoms with Crippen molar-refractivity contribution in [1.29, 1.82) is 0 Å². The van der Waals surface area contributed by atoms with E-state index in [0.29, 0.717) is 12.5 Å². The molecule has 4 nitrogen and oxygen atoms in total. The number of piperidine rings is 1. The van der Waals surface area contributed by atoms with Crippen molar-refractivity contribution >= 4 is 34.1 Å². The third-order valence-corrected chi connectivity index (χ3v) is 5.47. The quantitative estimate of drug-likeness (QED) is 0.724. The van der Waals surface area contributed by atoms with Crippen molar-refractivity contribution < 1.29 is 4.79 Å². The maximum atomic E-state index is 12.8. The highest BCUT2D eigenvalue weighted by molar-refractivity contribution is 6.33. The number of likely N-dealkylation sites (tertiary alicyclic amines) is 1. The lowest BCUT2D eigenvalue weighted by Crippen LogP contribution is -2.43. The fraction of sp³-hybridized carbons (Fsp3) is 0.273. The minimum atomic E-state index is 0.171. The Labute approximate surface area is 164 Å². The average Bonchev–Trinajstić information content (AvgIpc) is 2.70. The fourth-order valence-electron chi connectivity index (χ4n) is 3.66. The van der Waals surface area contributed by atoms with Gasteiger partial charge in [-0.05, 0) is 36.6 Å². The van der Waals surface area contributed by atoms with Crippen molar-refractivity contribution in [2.75, 3.05) is 18.4 Å². The van der Waals surface area contributed by atoms with Gasteiger partial charge in [-0.15, -0.1) is 0 Å². The second kappa shape index (κ2) is 7.97. The van der Waals surface area contributed by atoms with Crippen molar-refractivity contribution in [2.45, 2.75) is 25.3 Å². The molecule has 0 atom stereocenters. The fourth-order valence-corrected chi connectivity index (χ4v) is 3.85. The van der Waals surface area contributed by atoms with Crippen LogP contribution in [-0.2, 0) is 11.2 Å². The molecule has 3 aromatic rings. The molecule has 2 aromatic carbocycles. The van der Waals surface area contributed by atoms with Gasteiger partial charge in [0.15, 0.2) is 0 Å². The first kappa shape index (κ1) is 17.8. The lowest BCUT2D eigenvalue weighted by molar-refractivity contribution is -0.131. The summed E-state index contributed by atoms with van der Waals surface area (Å²) in [5.74, 6) is 0.171. The van der Waals surface area contributed by atoms with Crippen LogP contribution in [0, 0.1) is 0 Å². The van der Waals surface area contributed by atoms with Crippen LogP contribution in [0.25, 0.3) is 10.9 Å². The number of rotatable bonds is 4. The number of nitrogens with zero attached hydrogens (tertiary/aromatic N) is 2. The van der Waals surface area contributed by atoms with Gasteiger partial charge in [-0.1, -0.05) is 48.0 Å². The van der Waals surface area contributed by atoms with E-state index in [1.165, 1.54) is 0 Å². The van der Waals surface area contributed by atoms with Gasteiger partial charge in [0.05, 0.1) is 22.6 Å². The molecule has 0 bridgehead atoms. The Morgan fingerprint density at radius 1 is 1.07 bits per heavy atom. The molecule has 1 amide bonds. The summed E-state index contributed by atoms with van der Waals surface area (Å²) in [6, 6.07) is 18.1. The maximum Gasteiger partial charge on any atom is 0.227 e. The van der Waals surface area contributed by atoms with Crippen molar-refractivity contribution in [3.63, 3.8) is 0 Å². The largest absolute Gasteiger partial charge is 0.381 e. The number of carbonyl (C=O) groups excluding carboxylic acids is 1. The number of amides is 1.